The van der Waals surface area contributed by atoms with Crippen LogP contribution in [0.4, 0.5) is 0 Å². The molecular weight excluding hydrogens is 274 g/mol. The normalized spacial score (nSPS) is 15.4. The topological polar surface area (TPSA) is 69.1 Å². The molecule has 3 aromatic rings. The molecule has 5 nitrogen and oxygen atoms in total. The fourth-order valence-corrected chi connectivity index (χ4v) is 2.47. The maximum atomic E-state index is 6.02. The van der Waals surface area contributed by atoms with Crippen molar-refractivity contribution in [1.82, 2.24) is 14.8 Å². The Hall–Kier alpha value is -2.69. The Kier molecular flexibility index (Phi) is 3.11. The van der Waals surface area contributed by atoms with Gasteiger partial charge in [0.25, 0.3) is 0 Å². The number of rotatable bonds is 4. The number of hydrogen-bond donors (Lipinski definition) is 1. The van der Waals surface area contributed by atoms with Crippen LogP contribution in [0, 0.1) is 0 Å². The van der Waals surface area contributed by atoms with Gasteiger partial charge >= 0.3 is 0 Å². The molecular formula is C17H17N5. The SMILES string of the molecule is NC(=NC1CC1)c1ccc(Cn2ncc3ccncc32)cc1. The van der Waals surface area contributed by atoms with E-state index in [1.165, 1.54) is 18.4 Å². The lowest BCUT2D eigenvalue weighted by Crippen LogP contribution is -2.14. The highest BCUT2D eigenvalue weighted by molar-refractivity contribution is 5.97. The average Bonchev–Trinajstić information content (AvgIpc) is 3.28. The summed E-state index contributed by atoms with van der Waals surface area (Å²) in [4.78, 5) is 8.64. The van der Waals surface area contributed by atoms with Gasteiger partial charge in [0.1, 0.15) is 5.84 Å². The summed E-state index contributed by atoms with van der Waals surface area (Å²) in [6.07, 6.45) is 7.83. The minimum Gasteiger partial charge on any atom is -0.383 e. The van der Waals surface area contributed by atoms with Crippen molar-refractivity contribution in [3.63, 3.8) is 0 Å². The molecule has 0 atom stereocenters. The molecule has 0 unspecified atom stereocenters. The minimum absolute atomic E-state index is 0.447. The first-order chi connectivity index (χ1) is 10.8. The van der Waals surface area contributed by atoms with E-state index in [1.807, 2.05) is 35.3 Å². The Morgan fingerprint density at radius 1 is 1.18 bits per heavy atom. The summed E-state index contributed by atoms with van der Waals surface area (Å²) < 4.78 is 1.96. The number of benzene rings is 1. The van der Waals surface area contributed by atoms with Crippen LogP contribution in [0.1, 0.15) is 24.0 Å². The highest BCUT2D eigenvalue weighted by Crippen LogP contribution is 2.24. The van der Waals surface area contributed by atoms with Crippen LogP contribution in [0.15, 0.2) is 53.9 Å². The number of fused-ring (bicyclic) bond motifs is 1. The van der Waals surface area contributed by atoms with Crippen LogP contribution in [-0.2, 0) is 6.54 Å². The van der Waals surface area contributed by atoms with Gasteiger partial charge in [0, 0.05) is 17.1 Å². The molecule has 5 heteroatoms. The number of pyridine rings is 1. The molecule has 2 N–H and O–H groups in total. The van der Waals surface area contributed by atoms with E-state index in [0.717, 1.165) is 23.0 Å². The molecule has 1 fully saturated rings. The van der Waals surface area contributed by atoms with Gasteiger partial charge < -0.3 is 5.73 Å². The van der Waals surface area contributed by atoms with Gasteiger partial charge in [0.05, 0.1) is 30.5 Å². The van der Waals surface area contributed by atoms with Gasteiger partial charge in [-0.15, -0.1) is 0 Å². The second-order valence-corrected chi connectivity index (χ2v) is 5.68. The van der Waals surface area contributed by atoms with Crippen molar-refractivity contribution < 1.29 is 0 Å². The van der Waals surface area contributed by atoms with E-state index in [4.69, 9.17) is 5.73 Å². The smallest absolute Gasteiger partial charge is 0.125 e. The molecule has 2 heterocycles. The third-order valence-corrected chi connectivity index (χ3v) is 3.90. The molecule has 0 spiro atoms. The largest absolute Gasteiger partial charge is 0.383 e. The maximum Gasteiger partial charge on any atom is 0.125 e. The number of nitrogens with zero attached hydrogens (tertiary/aromatic N) is 4. The number of hydrogen-bond acceptors (Lipinski definition) is 3. The number of aromatic nitrogens is 3. The van der Waals surface area contributed by atoms with Crippen molar-refractivity contribution in [3.05, 3.63) is 60.0 Å². The maximum absolute atomic E-state index is 6.02. The first kappa shape index (κ1) is 13.0. The van der Waals surface area contributed by atoms with Gasteiger partial charge in [0.2, 0.25) is 0 Å². The lowest BCUT2D eigenvalue weighted by molar-refractivity contribution is 0.711. The second-order valence-electron chi connectivity index (χ2n) is 5.68. The first-order valence-corrected chi connectivity index (χ1v) is 7.48. The van der Waals surface area contributed by atoms with Crippen LogP contribution in [0.5, 0.6) is 0 Å². The lowest BCUT2D eigenvalue weighted by Gasteiger charge is -2.06. The van der Waals surface area contributed by atoms with Crippen molar-refractivity contribution in [2.75, 3.05) is 0 Å². The molecule has 110 valence electrons. The van der Waals surface area contributed by atoms with Gasteiger partial charge in [0.15, 0.2) is 0 Å². The zero-order chi connectivity index (χ0) is 14.9. The Morgan fingerprint density at radius 3 is 2.77 bits per heavy atom. The van der Waals surface area contributed by atoms with Crippen LogP contribution < -0.4 is 5.73 Å². The second kappa shape index (κ2) is 5.26. The first-order valence-electron chi connectivity index (χ1n) is 7.48. The number of aliphatic imine (C=N–C) groups is 1. The summed E-state index contributed by atoms with van der Waals surface area (Å²) in [5, 5.41) is 5.53. The molecule has 1 aliphatic carbocycles. The van der Waals surface area contributed by atoms with Crippen molar-refractivity contribution in [1.29, 1.82) is 0 Å². The molecule has 1 aliphatic rings. The van der Waals surface area contributed by atoms with Crippen molar-refractivity contribution in [2.45, 2.75) is 25.4 Å². The molecule has 4 rings (SSSR count). The van der Waals surface area contributed by atoms with Gasteiger partial charge in [-0.2, -0.15) is 5.10 Å². The van der Waals surface area contributed by atoms with Crippen LogP contribution in [0.25, 0.3) is 10.9 Å². The summed E-state index contributed by atoms with van der Waals surface area (Å²) in [6.45, 7) is 0.717. The highest BCUT2D eigenvalue weighted by atomic mass is 15.3. The number of amidine groups is 1. The number of nitrogens with two attached hydrogens (primary N) is 1. The van der Waals surface area contributed by atoms with Crippen molar-refractivity contribution >= 4 is 16.7 Å². The summed E-state index contributed by atoms with van der Waals surface area (Å²) in [6, 6.07) is 10.6. The zero-order valence-electron chi connectivity index (χ0n) is 12.2. The molecule has 2 aromatic heterocycles. The molecule has 0 amide bonds. The van der Waals surface area contributed by atoms with E-state index >= 15 is 0 Å². The van der Waals surface area contributed by atoms with Gasteiger partial charge in [-0.05, 0) is 24.5 Å². The van der Waals surface area contributed by atoms with E-state index in [2.05, 4.69) is 27.2 Å². The van der Waals surface area contributed by atoms with Crippen LogP contribution in [0.3, 0.4) is 0 Å². The molecule has 22 heavy (non-hydrogen) atoms. The molecule has 0 radical (unpaired) electrons. The van der Waals surface area contributed by atoms with Crippen LogP contribution >= 0.6 is 0 Å². The molecule has 0 aliphatic heterocycles. The van der Waals surface area contributed by atoms with E-state index in [0.29, 0.717) is 11.9 Å². The minimum atomic E-state index is 0.447. The fourth-order valence-electron chi connectivity index (χ4n) is 2.47. The van der Waals surface area contributed by atoms with E-state index in [-0.39, 0.29) is 0 Å². The predicted molar refractivity (Wildman–Crippen MR) is 86.8 cm³/mol. The van der Waals surface area contributed by atoms with E-state index in [1.54, 1.807) is 6.20 Å². The van der Waals surface area contributed by atoms with Gasteiger partial charge in [-0.3, -0.25) is 14.7 Å². The summed E-state index contributed by atoms with van der Waals surface area (Å²) in [7, 11) is 0. The Bertz CT molecular complexity index is 828. The monoisotopic (exact) mass is 291 g/mol. The molecule has 1 saturated carbocycles. The standard InChI is InChI=1S/C17H17N5/c18-17(21-15-5-6-15)13-3-1-12(2-4-13)11-22-16-10-19-8-7-14(16)9-20-22/h1-4,7-10,15H,5-6,11H2,(H2,18,21). The van der Waals surface area contributed by atoms with Crippen LogP contribution in [0.2, 0.25) is 0 Å². The van der Waals surface area contributed by atoms with Crippen molar-refractivity contribution in [2.24, 2.45) is 10.7 Å². The molecule has 1 aromatic carbocycles. The van der Waals surface area contributed by atoms with E-state index in [9.17, 15) is 0 Å². The summed E-state index contributed by atoms with van der Waals surface area (Å²) in [5.74, 6) is 0.641. The lowest BCUT2D eigenvalue weighted by atomic mass is 10.1. The van der Waals surface area contributed by atoms with E-state index < -0.39 is 0 Å². The predicted octanol–water partition coefficient (Wildman–Crippen LogP) is 2.35. The molecule has 0 bridgehead atoms. The summed E-state index contributed by atoms with van der Waals surface area (Å²) >= 11 is 0. The van der Waals surface area contributed by atoms with Crippen LogP contribution in [-0.4, -0.2) is 26.6 Å². The Balaban J connectivity index is 1.56. The Labute approximate surface area is 128 Å². The summed E-state index contributed by atoms with van der Waals surface area (Å²) in [5.41, 5.74) is 9.23. The van der Waals surface area contributed by atoms with Gasteiger partial charge in [-0.1, -0.05) is 24.3 Å². The fraction of sp³-hybridized carbons (Fsp3) is 0.235. The molecule has 0 saturated heterocycles. The quantitative estimate of drug-likeness (QED) is 0.592. The highest BCUT2D eigenvalue weighted by Gasteiger charge is 2.20. The third kappa shape index (κ3) is 2.57. The third-order valence-electron chi connectivity index (χ3n) is 3.90. The average molecular weight is 291 g/mol. The van der Waals surface area contributed by atoms with Gasteiger partial charge in [-0.25, -0.2) is 0 Å². The van der Waals surface area contributed by atoms with Crippen molar-refractivity contribution in [3.8, 4) is 0 Å². The Morgan fingerprint density at radius 2 is 2.00 bits per heavy atom. The zero-order valence-corrected chi connectivity index (χ0v) is 12.2.